The molecule has 0 radical (unpaired) electrons. The second-order valence-electron chi connectivity index (χ2n) is 5.57. The van der Waals surface area contributed by atoms with Crippen LogP contribution in [0.25, 0.3) is 0 Å². The van der Waals surface area contributed by atoms with Crippen molar-refractivity contribution in [1.29, 1.82) is 0 Å². The third-order valence-electron chi connectivity index (χ3n) is 3.64. The van der Waals surface area contributed by atoms with Gasteiger partial charge in [0, 0.05) is 18.2 Å². The maximum atomic E-state index is 12.7. The van der Waals surface area contributed by atoms with Crippen molar-refractivity contribution in [2.45, 2.75) is 0 Å². The van der Waals surface area contributed by atoms with E-state index >= 15 is 0 Å². The molecule has 0 aliphatic carbocycles. The predicted molar refractivity (Wildman–Crippen MR) is 109 cm³/mol. The Kier molecular flexibility index (Phi) is 6.15. The Hall–Kier alpha value is -3.79. The molecular formula is C19H14N4O5S. The summed E-state index contributed by atoms with van der Waals surface area (Å²) in [6.07, 6.45) is 2.46. The van der Waals surface area contributed by atoms with E-state index in [-0.39, 0.29) is 15.8 Å². The molecule has 1 fully saturated rings. The average Bonchev–Trinajstić information content (AvgIpc) is 3.01. The van der Waals surface area contributed by atoms with Crippen LogP contribution in [0, 0.1) is 10.1 Å². The number of nitro groups is 1. The van der Waals surface area contributed by atoms with Gasteiger partial charge in [0.05, 0.1) is 28.8 Å². The topological polar surface area (TPSA) is 114 Å². The van der Waals surface area contributed by atoms with Crippen molar-refractivity contribution in [2.75, 3.05) is 7.11 Å². The van der Waals surface area contributed by atoms with E-state index in [0.29, 0.717) is 11.3 Å². The molecule has 0 bridgehead atoms. The SMILES string of the molecule is COC(=O)/C=C1/SC(=Nc2ccccc2)N(/N=C/c2ccc([N+](=O)[O-])cc2)C1=O. The van der Waals surface area contributed by atoms with Crippen LogP contribution in [0.5, 0.6) is 0 Å². The van der Waals surface area contributed by atoms with Gasteiger partial charge >= 0.3 is 5.97 Å². The number of thioether (sulfide) groups is 1. The minimum Gasteiger partial charge on any atom is -0.466 e. The number of benzene rings is 2. The van der Waals surface area contributed by atoms with E-state index in [2.05, 4.69) is 14.8 Å². The summed E-state index contributed by atoms with van der Waals surface area (Å²) >= 11 is 0.991. The lowest BCUT2D eigenvalue weighted by molar-refractivity contribution is -0.384. The Morgan fingerprint density at radius 2 is 1.86 bits per heavy atom. The number of nitro benzene ring substituents is 1. The predicted octanol–water partition coefficient (Wildman–Crippen LogP) is 3.25. The van der Waals surface area contributed by atoms with Crippen LogP contribution in [0.1, 0.15) is 5.56 Å². The number of non-ortho nitro benzene ring substituents is 1. The molecule has 2 aromatic carbocycles. The molecule has 0 aromatic heterocycles. The van der Waals surface area contributed by atoms with Crippen LogP contribution in [-0.2, 0) is 14.3 Å². The van der Waals surface area contributed by atoms with Gasteiger partial charge in [0.2, 0.25) is 0 Å². The zero-order chi connectivity index (χ0) is 20.8. The minimum atomic E-state index is -0.666. The zero-order valence-corrected chi connectivity index (χ0v) is 15.9. The lowest BCUT2D eigenvalue weighted by atomic mass is 10.2. The molecule has 1 heterocycles. The second-order valence-corrected chi connectivity index (χ2v) is 6.58. The number of nitrogens with zero attached hydrogens (tertiary/aromatic N) is 4. The number of aliphatic imine (C=N–C) groups is 1. The van der Waals surface area contributed by atoms with Gasteiger partial charge in [0.15, 0.2) is 5.17 Å². The minimum absolute atomic E-state index is 0.0513. The molecule has 2 aromatic rings. The number of hydrazone groups is 1. The van der Waals surface area contributed by atoms with Gasteiger partial charge in [-0.05, 0) is 41.6 Å². The number of carbonyl (C=O) groups is 2. The molecule has 0 atom stereocenters. The van der Waals surface area contributed by atoms with E-state index in [9.17, 15) is 19.7 Å². The van der Waals surface area contributed by atoms with Gasteiger partial charge in [-0.2, -0.15) is 10.1 Å². The number of amides is 1. The molecule has 0 unspecified atom stereocenters. The van der Waals surface area contributed by atoms with Crippen LogP contribution in [-0.4, -0.2) is 40.3 Å². The highest BCUT2D eigenvalue weighted by Gasteiger charge is 2.34. The molecule has 0 saturated carbocycles. The third kappa shape index (κ3) is 4.93. The summed E-state index contributed by atoms with van der Waals surface area (Å²) < 4.78 is 4.58. The second kappa shape index (κ2) is 8.93. The summed E-state index contributed by atoms with van der Waals surface area (Å²) in [5.41, 5.74) is 1.11. The van der Waals surface area contributed by atoms with Crippen molar-refractivity contribution in [3.8, 4) is 0 Å². The summed E-state index contributed by atoms with van der Waals surface area (Å²) in [6, 6.07) is 14.7. The van der Waals surface area contributed by atoms with Crippen molar-refractivity contribution in [3.63, 3.8) is 0 Å². The first-order chi connectivity index (χ1) is 14.0. The first-order valence-corrected chi connectivity index (χ1v) is 9.03. The lowest BCUT2D eigenvalue weighted by Gasteiger charge is -2.08. The molecule has 146 valence electrons. The molecule has 29 heavy (non-hydrogen) atoms. The summed E-state index contributed by atoms with van der Waals surface area (Å²) in [5, 5.41) is 16.2. The molecule has 3 rings (SSSR count). The number of para-hydroxylation sites is 1. The van der Waals surface area contributed by atoms with Crippen LogP contribution in [0.3, 0.4) is 0 Å². The van der Waals surface area contributed by atoms with E-state index in [0.717, 1.165) is 22.8 Å². The Morgan fingerprint density at radius 1 is 1.17 bits per heavy atom. The van der Waals surface area contributed by atoms with Crippen LogP contribution in [0.2, 0.25) is 0 Å². The highest BCUT2D eigenvalue weighted by atomic mass is 32.2. The number of rotatable bonds is 5. The molecule has 1 aliphatic heterocycles. The summed E-state index contributed by atoms with van der Waals surface area (Å²) in [7, 11) is 1.22. The smallest absolute Gasteiger partial charge is 0.331 e. The molecule has 1 saturated heterocycles. The first-order valence-electron chi connectivity index (χ1n) is 8.22. The zero-order valence-electron chi connectivity index (χ0n) is 15.1. The Morgan fingerprint density at radius 3 is 2.48 bits per heavy atom. The fraction of sp³-hybridized carbons (Fsp3) is 0.0526. The Bertz CT molecular complexity index is 1030. The van der Waals surface area contributed by atoms with Gasteiger partial charge in [-0.15, -0.1) is 0 Å². The summed E-state index contributed by atoms with van der Waals surface area (Å²) in [4.78, 5) is 39.0. The quantitative estimate of drug-likeness (QED) is 0.246. The fourth-order valence-corrected chi connectivity index (χ4v) is 3.12. The van der Waals surface area contributed by atoms with Crippen molar-refractivity contribution in [3.05, 3.63) is 81.3 Å². The van der Waals surface area contributed by atoms with E-state index in [1.54, 1.807) is 24.3 Å². The largest absolute Gasteiger partial charge is 0.466 e. The highest BCUT2D eigenvalue weighted by molar-refractivity contribution is 8.18. The number of hydrogen-bond donors (Lipinski definition) is 0. The van der Waals surface area contributed by atoms with Crippen LogP contribution >= 0.6 is 11.8 Å². The third-order valence-corrected chi connectivity index (χ3v) is 4.60. The number of esters is 1. The molecule has 0 spiro atoms. The maximum Gasteiger partial charge on any atom is 0.331 e. The van der Waals surface area contributed by atoms with Gasteiger partial charge in [-0.3, -0.25) is 14.9 Å². The standard InChI is InChI=1S/C19H14N4O5S/c1-28-17(24)11-16-18(25)22(19(29-16)21-14-5-3-2-4-6-14)20-12-13-7-9-15(10-8-13)23(26)27/h2-12H,1H3/b16-11+,20-12+,21-19?. The lowest BCUT2D eigenvalue weighted by Crippen LogP contribution is -2.23. The van der Waals surface area contributed by atoms with Gasteiger partial charge in [-0.1, -0.05) is 18.2 Å². The van der Waals surface area contributed by atoms with E-state index in [1.165, 1.54) is 37.6 Å². The van der Waals surface area contributed by atoms with E-state index < -0.39 is 16.8 Å². The van der Waals surface area contributed by atoms with Crippen LogP contribution in [0.4, 0.5) is 11.4 Å². The van der Waals surface area contributed by atoms with Crippen LogP contribution < -0.4 is 0 Å². The number of amidine groups is 1. The van der Waals surface area contributed by atoms with Gasteiger partial charge in [0.1, 0.15) is 0 Å². The summed E-state index contributed by atoms with van der Waals surface area (Å²) in [5.74, 6) is -1.20. The number of ether oxygens (including phenoxy) is 1. The van der Waals surface area contributed by atoms with Crippen molar-refractivity contribution in [2.24, 2.45) is 10.1 Å². The van der Waals surface area contributed by atoms with Crippen molar-refractivity contribution in [1.82, 2.24) is 5.01 Å². The molecular weight excluding hydrogens is 396 g/mol. The normalized spacial score (nSPS) is 16.7. The van der Waals surface area contributed by atoms with Gasteiger partial charge in [-0.25, -0.2) is 9.79 Å². The van der Waals surface area contributed by atoms with Crippen molar-refractivity contribution >= 4 is 46.4 Å². The van der Waals surface area contributed by atoms with Crippen molar-refractivity contribution < 1.29 is 19.2 Å². The van der Waals surface area contributed by atoms with Gasteiger partial charge in [0.25, 0.3) is 11.6 Å². The van der Waals surface area contributed by atoms with Crippen LogP contribution in [0.15, 0.2) is 75.7 Å². The van der Waals surface area contributed by atoms with E-state index in [4.69, 9.17) is 0 Å². The highest BCUT2D eigenvalue weighted by Crippen LogP contribution is 2.33. The average molecular weight is 410 g/mol. The number of methoxy groups -OCH3 is 1. The maximum absolute atomic E-state index is 12.7. The van der Waals surface area contributed by atoms with Gasteiger partial charge < -0.3 is 4.74 Å². The molecule has 0 N–H and O–H groups in total. The number of hydrogen-bond acceptors (Lipinski definition) is 8. The Labute approximate surface area is 169 Å². The molecule has 10 heteroatoms. The number of carbonyl (C=O) groups excluding carboxylic acids is 2. The van der Waals surface area contributed by atoms with E-state index in [1.807, 2.05) is 6.07 Å². The molecule has 1 aliphatic rings. The molecule has 1 amide bonds. The fourth-order valence-electron chi connectivity index (χ4n) is 2.23. The monoisotopic (exact) mass is 410 g/mol. The summed E-state index contributed by atoms with van der Waals surface area (Å²) in [6.45, 7) is 0. The first kappa shape index (κ1) is 20.0. The molecule has 9 nitrogen and oxygen atoms in total. The Balaban J connectivity index is 1.92.